The highest BCUT2D eigenvalue weighted by molar-refractivity contribution is 7.14. The smallest absolute Gasteiger partial charge is 0.125 e. The standard InChI is InChI=1S/C20H17FN4S/c1-2-3-17-8-14(10-22)20(26-17)25-12-15(11-24-7-6-23-13-24)18-5-4-16(21)9-19(18)25/h4-9,12-13H,2-3,11H2,1H3. The van der Waals surface area contributed by atoms with E-state index in [-0.39, 0.29) is 5.82 Å². The van der Waals surface area contributed by atoms with Crippen molar-refractivity contribution in [3.63, 3.8) is 0 Å². The minimum absolute atomic E-state index is 0.283. The van der Waals surface area contributed by atoms with Crippen molar-refractivity contribution in [1.29, 1.82) is 5.26 Å². The Morgan fingerprint density at radius 2 is 2.19 bits per heavy atom. The summed E-state index contributed by atoms with van der Waals surface area (Å²) in [6.07, 6.45) is 9.37. The van der Waals surface area contributed by atoms with Crippen molar-refractivity contribution in [2.45, 2.75) is 26.3 Å². The molecule has 4 rings (SSSR count). The van der Waals surface area contributed by atoms with Gasteiger partial charge in [-0.3, -0.25) is 0 Å². The number of aryl methyl sites for hydroxylation is 1. The molecule has 0 spiro atoms. The van der Waals surface area contributed by atoms with Gasteiger partial charge in [-0.15, -0.1) is 11.3 Å². The summed E-state index contributed by atoms with van der Waals surface area (Å²) in [6.45, 7) is 2.76. The van der Waals surface area contributed by atoms with Crippen molar-refractivity contribution < 1.29 is 4.39 Å². The van der Waals surface area contributed by atoms with E-state index in [0.717, 1.165) is 34.3 Å². The van der Waals surface area contributed by atoms with E-state index >= 15 is 0 Å². The Kier molecular flexibility index (Phi) is 4.31. The largest absolute Gasteiger partial charge is 0.333 e. The third-order valence-electron chi connectivity index (χ3n) is 4.36. The van der Waals surface area contributed by atoms with E-state index in [1.165, 1.54) is 17.0 Å². The second-order valence-corrected chi connectivity index (χ2v) is 7.33. The summed E-state index contributed by atoms with van der Waals surface area (Å²) >= 11 is 1.60. The molecule has 0 bridgehead atoms. The zero-order chi connectivity index (χ0) is 18.1. The lowest BCUT2D eigenvalue weighted by molar-refractivity contribution is 0.629. The molecule has 0 saturated carbocycles. The van der Waals surface area contributed by atoms with E-state index in [9.17, 15) is 9.65 Å². The molecular formula is C20H17FN4S. The monoisotopic (exact) mass is 364 g/mol. The number of fused-ring (bicyclic) bond motifs is 1. The average molecular weight is 364 g/mol. The van der Waals surface area contributed by atoms with Crippen molar-refractivity contribution in [2.24, 2.45) is 0 Å². The molecule has 0 radical (unpaired) electrons. The fourth-order valence-corrected chi connectivity index (χ4v) is 4.40. The Balaban J connectivity index is 1.90. The molecule has 0 N–H and O–H groups in total. The van der Waals surface area contributed by atoms with Gasteiger partial charge >= 0.3 is 0 Å². The first kappa shape index (κ1) is 16.6. The molecule has 0 atom stereocenters. The van der Waals surface area contributed by atoms with Crippen molar-refractivity contribution >= 4 is 22.2 Å². The minimum atomic E-state index is -0.283. The van der Waals surface area contributed by atoms with E-state index < -0.39 is 0 Å². The van der Waals surface area contributed by atoms with Crippen LogP contribution >= 0.6 is 11.3 Å². The van der Waals surface area contributed by atoms with Crippen molar-refractivity contribution in [2.75, 3.05) is 0 Å². The number of hydrogen-bond donors (Lipinski definition) is 0. The van der Waals surface area contributed by atoms with Crippen molar-refractivity contribution in [3.8, 4) is 11.1 Å². The highest BCUT2D eigenvalue weighted by Gasteiger charge is 2.16. The van der Waals surface area contributed by atoms with Gasteiger partial charge in [-0.2, -0.15) is 5.26 Å². The van der Waals surface area contributed by atoms with Crippen molar-refractivity contribution in [1.82, 2.24) is 14.1 Å². The fraction of sp³-hybridized carbons (Fsp3) is 0.200. The highest BCUT2D eigenvalue weighted by atomic mass is 32.1. The molecule has 0 aliphatic heterocycles. The van der Waals surface area contributed by atoms with Crippen LogP contribution in [0.25, 0.3) is 15.9 Å². The predicted octanol–water partition coefficient (Wildman–Crippen LogP) is 4.90. The Bertz CT molecular complexity index is 1100. The van der Waals surface area contributed by atoms with Crippen LogP contribution in [-0.2, 0) is 13.0 Å². The summed E-state index contributed by atoms with van der Waals surface area (Å²) in [4.78, 5) is 5.26. The third-order valence-corrected chi connectivity index (χ3v) is 5.56. The molecule has 4 aromatic rings. The molecule has 0 saturated heterocycles. The fourth-order valence-electron chi connectivity index (χ4n) is 3.20. The number of aromatic nitrogens is 3. The second-order valence-electron chi connectivity index (χ2n) is 6.21. The number of imidazole rings is 1. The number of thiophene rings is 1. The lowest BCUT2D eigenvalue weighted by Crippen LogP contribution is -1.95. The van der Waals surface area contributed by atoms with Gasteiger partial charge in [0.15, 0.2) is 0 Å². The van der Waals surface area contributed by atoms with Crippen LogP contribution in [0, 0.1) is 17.1 Å². The van der Waals surface area contributed by atoms with Gasteiger partial charge in [-0.1, -0.05) is 13.3 Å². The zero-order valence-electron chi connectivity index (χ0n) is 14.3. The van der Waals surface area contributed by atoms with Crippen LogP contribution in [0.5, 0.6) is 0 Å². The molecule has 0 unspecified atom stereocenters. The van der Waals surface area contributed by atoms with E-state index in [2.05, 4.69) is 18.0 Å². The van der Waals surface area contributed by atoms with Gasteiger partial charge in [0.2, 0.25) is 0 Å². The summed E-state index contributed by atoms with van der Waals surface area (Å²) in [6, 6.07) is 9.06. The summed E-state index contributed by atoms with van der Waals surface area (Å²) in [7, 11) is 0. The van der Waals surface area contributed by atoms with Gasteiger partial charge in [0.1, 0.15) is 16.9 Å². The summed E-state index contributed by atoms with van der Waals surface area (Å²) in [5, 5.41) is 11.4. The summed E-state index contributed by atoms with van der Waals surface area (Å²) in [5.74, 6) is -0.283. The first-order valence-electron chi connectivity index (χ1n) is 8.48. The Morgan fingerprint density at radius 1 is 1.31 bits per heavy atom. The maximum Gasteiger partial charge on any atom is 0.125 e. The number of halogens is 1. The topological polar surface area (TPSA) is 46.5 Å². The highest BCUT2D eigenvalue weighted by Crippen LogP contribution is 2.33. The van der Waals surface area contributed by atoms with Crippen LogP contribution in [0.2, 0.25) is 0 Å². The molecule has 130 valence electrons. The second kappa shape index (κ2) is 6.77. The predicted molar refractivity (Wildman–Crippen MR) is 101 cm³/mol. The molecule has 0 fully saturated rings. The maximum atomic E-state index is 13.9. The van der Waals surface area contributed by atoms with Crippen LogP contribution in [0.4, 0.5) is 4.39 Å². The van der Waals surface area contributed by atoms with Crippen LogP contribution in [0.15, 0.2) is 49.2 Å². The van der Waals surface area contributed by atoms with Crippen LogP contribution in [0.1, 0.15) is 29.3 Å². The Labute approximate surface area is 154 Å². The number of benzene rings is 1. The third kappa shape index (κ3) is 2.91. The molecule has 0 aliphatic carbocycles. The molecular weight excluding hydrogens is 347 g/mol. The average Bonchev–Trinajstić information content (AvgIpc) is 3.34. The quantitative estimate of drug-likeness (QED) is 0.506. The van der Waals surface area contributed by atoms with Gasteiger partial charge in [0.05, 0.1) is 24.0 Å². The molecule has 0 amide bonds. The minimum Gasteiger partial charge on any atom is -0.333 e. The lowest BCUT2D eigenvalue weighted by Gasteiger charge is -2.03. The molecule has 0 aliphatic rings. The summed E-state index contributed by atoms with van der Waals surface area (Å²) < 4.78 is 17.9. The first-order valence-corrected chi connectivity index (χ1v) is 9.29. The molecule has 6 heteroatoms. The normalized spacial score (nSPS) is 11.1. The molecule has 3 heterocycles. The van der Waals surface area contributed by atoms with Gasteiger partial charge in [0.25, 0.3) is 0 Å². The van der Waals surface area contributed by atoms with E-state index in [1.807, 2.05) is 27.6 Å². The number of rotatable bonds is 5. The van der Waals surface area contributed by atoms with Gasteiger partial charge in [-0.05, 0) is 36.2 Å². The first-order chi connectivity index (χ1) is 12.7. The number of nitriles is 1. The van der Waals surface area contributed by atoms with Gasteiger partial charge in [0, 0.05) is 28.9 Å². The Hall–Kier alpha value is -2.91. The van der Waals surface area contributed by atoms with Crippen molar-refractivity contribution in [3.05, 3.63) is 71.0 Å². The van der Waals surface area contributed by atoms with Crippen LogP contribution in [0.3, 0.4) is 0 Å². The van der Waals surface area contributed by atoms with Crippen LogP contribution in [-0.4, -0.2) is 14.1 Å². The Morgan fingerprint density at radius 3 is 2.92 bits per heavy atom. The van der Waals surface area contributed by atoms with Crippen LogP contribution < -0.4 is 0 Å². The van der Waals surface area contributed by atoms with Gasteiger partial charge in [-0.25, -0.2) is 9.37 Å². The lowest BCUT2D eigenvalue weighted by atomic mass is 10.1. The zero-order valence-corrected chi connectivity index (χ0v) is 15.1. The summed E-state index contributed by atoms with van der Waals surface area (Å²) in [5.41, 5.74) is 2.47. The van der Waals surface area contributed by atoms with E-state index in [1.54, 1.807) is 29.9 Å². The van der Waals surface area contributed by atoms with Gasteiger partial charge < -0.3 is 9.13 Å². The molecule has 26 heavy (non-hydrogen) atoms. The van der Waals surface area contributed by atoms with E-state index in [4.69, 9.17) is 0 Å². The number of nitrogens with zero attached hydrogens (tertiary/aromatic N) is 4. The molecule has 4 nitrogen and oxygen atoms in total. The maximum absolute atomic E-state index is 13.9. The number of hydrogen-bond acceptors (Lipinski definition) is 3. The van der Waals surface area contributed by atoms with E-state index in [0.29, 0.717) is 12.1 Å². The molecule has 1 aromatic carbocycles. The molecule has 3 aromatic heterocycles. The SMILES string of the molecule is CCCc1cc(C#N)c(-n2cc(Cn3ccnc3)c3ccc(F)cc32)s1.